The maximum Gasteiger partial charge on any atom is 0.240 e. The molecule has 1 unspecified atom stereocenters. The molecule has 7 nitrogen and oxygen atoms in total. The van der Waals surface area contributed by atoms with Gasteiger partial charge in [-0.05, 0) is 17.7 Å². The predicted molar refractivity (Wildman–Crippen MR) is 99.1 cm³/mol. The van der Waals surface area contributed by atoms with Crippen molar-refractivity contribution in [3.8, 4) is 0 Å². The molecule has 25 heavy (non-hydrogen) atoms. The number of carbonyl (C=O) groups excluding carboxylic acids is 1. The summed E-state index contributed by atoms with van der Waals surface area (Å²) in [4.78, 5) is 12.2. The number of hydrogen-bond acceptors (Lipinski definition) is 6. The van der Waals surface area contributed by atoms with Crippen LogP contribution in [0.15, 0.2) is 29.2 Å². The van der Waals surface area contributed by atoms with E-state index < -0.39 is 10.0 Å². The molecule has 0 bridgehead atoms. The molecule has 9 heteroatoms. The van der Waals surface area contributed by atoms with Gasteiger partial charge in [-0.1, -0.05) is 12.1 Å². The molecule has 0 spiro atoms. The van der Waals surface area contributed by atoms with Crippen LogP contribution in [0.2, 0.25) is 0 Å². The number of rotatable bonds is 9. The second-order valence-electron chi connectivity index (χ2n) is 5.74. The van der Waals surface area contributed by atoms with E-state index >= 15 is 0 Å². The maximum atomic E-state index is 12.2. The molecule has 0 aliphatic carbocycles. The van der Waals surface area contributed by atoms with E-state index in [4.69, 9.17) is 4.74 Å². The highest BCUT2D eigenvalue weighted by Crippen LogP contribution is 2.12. The van der Waals surface area contributed by atoms with E-state index in [9.17, 15) is 13.2 Å². The zero-order valence-electron chi connectivity index (χ0n) is 14.3. The van der Waals surface area contributed by atoms with Crippen LogP contribution in [0.3, 0.4) is 0 Å². The lowest BCUT2D eigenvalue weighted by molar-refractivity contribution is -0.121. The van der Waals surface area contributed by atoms with Crippen molar-refractivity contribution in [2.45, 2.75) is 23.9 Å². The van der Waals surface area contributed by atoms with E-state index in [1.54, 1.807) is 18.2 Å². The molecule has 0 aromatic heterocycles. The highest BCUT2D eigenvalue weighted by Gasteiger charge is 2.17. The molecule has 1 aromatic rings. The minimum Gasteiger partial charge on any atom is -0.383 e. The number of benzene rings is 1. The van der Waals surface area contributed by atoms with Crippen molar-refractivity contribution < 1.29 is 17.9 Å². The SMILES string of the molecule is COCCNS(=O)(=O)c1cccc(CNC(=O)CC2CSCCN2)c1. The minimum absolute atomic E-state index is 0.0357. The molecule has 1 atom stereocenters. The topological polar surface area (TPSA) is 96.5 Å². The van der Waals surface area contributed by atoms with Gasteiger partial charge in [0.15, 0.2) is 0 Å². The average molecular weight is 388 g/mol. The zero-order chi connectivity index (χ0) is 18.1. The molecule has 140 valence electrons. The van der Waals surface area contributed by atoms with Crippen LogP contribution >= 0.6 is 11.8 Å². The number of methoxy groups -OCH3 is 1. The molecule has 3 N–H and O–H groups in total. The number of amides is 1. The zero-order valence-corrected chi connectivity index (χ0v) is 15.9. The fourth-order valence-electron chi connectivity index (χ4n) is 2.43. The van der Waals surface area contributed by atoms with Crippen LogP contribution in [0.25, 0.3) is 0 Å². The summed E-state index contributed by atoms with van der Waals surface area (Å²) < 4.78 is 31.7. The molecule has 1 heterocycles. The fraction of sp³-hybridized carbons (Fsp3) is 0.562. The van der Waals surface area contributed by atoms with Gasteiger partial charge >= 0.3 is 0 Å². The van der Waals surface area contributed by atoms with Gasteiger partial charge in [0.2, 0.25) is 15.9 Å². The lowest BCUT2D eigenvalue weighted by atomic mass is 10.2. The van der Waals surface area contributed by atoms with E-state index in [0.717, 1.165) is 23.6 Å². The predicted octanol–water partition coefficient (Wildman–Crippen LogP) is 0.323. The van der Waals surface area contributed by atoms with Crippen LogP contribution in [-0.4, -0.2) is 58.7 Å². The Bertz CT molecular complexity index is 661. The molecular formula is C16H25N3O4S2. The monoisotopic (exact) mass is 387 g/mol. The molecule has 1 amide bonds. The average Bonchev–Trinajstić information content (AvgIpc) is 2.61. The Morgan fingerprint density at radius 2 is 2.28 bits per heavy atom. The molecule has 1 saturated heterocycles. The van der Waals surface area contributed by atoms with Crippen LogP contribution in [0, 0.1) is 0 Å². The number of hydrogen-bond donors (Lipinski definition) is 3. The van der Waals surface area contributed by atoms with Crippen molar-refractivity contribution in [1.82, 2.24) is 15.4 Å². The van der Waals surface area contributed by atoms with Crippen LogP contribution in [0.4, 0.5) is 0 Å². The van der Waals surface area contributed by atoms with E-state index in [1.165, 1.54) is 13.2 Å². The second-order valence-corrected chi connectivity index (χ2v) is 8.66. The van der Waals surface area contributed by atoms with Gasteiger partial charge in [0.25, 0.3) is 0 Å². The van der Waals surface area contributed by atoms with Gasteiger partial charge in [-0.3, -0.25) is 4.79 Å². The molecule has 0 saturated carbocycles. The second kappa shape index (κ2) is 10.1. The fourth-order valence-corrected chi connectivity index (χ4v) is 4.46. The standard InChI is InChI=1S/C16H25N3O4S2/c1-23-7-5-19-25(21,22)15-4-2-3-13(9-15)11-18-16(20)10-14-12-24-8-6-17-14/h2-4,9,14,17,19H,5-8,10-12H2,1H3,(H,18,20). The van der Waals surface area contributed by atoms with Gasteiger partial charge < -0.3 is 15.4 Å². The van der Waals surface area contributed by atoms with Gasteiger partial charge in [-0.15, -0.1) is 0 Å². The molecule has 0 radical (unpaired) electrons. The smallest absolute Gasteiger partial charge is 0.240 e. The molecular weight excluding hydrogens is 362 g/mol. The molecule has 1 fully saturated rings. The summed E-state index contributed by atoms with van der Waals surface area (Å²) in [6.45, 7) is 1.76. The molecule has 2 rings (SSSR count). The van der Waals surface area contributed by atoms with Crippen molar-refractivity contribution in [3.05, 3.63) is 29.8 Å². The third-order valence-corrected chi connectivity index (χ3v) is 6.32. The summed E-state index contributed by atoms with van der Waals surface area (Å²) in [5, 5.41) is 6.18. The molecule has 1 aromatic carbocycles. The third-order valence-electron chi connectivity index (χ3n) is 3.73. The number of ether oxygens (including phenoxy) is 1. The van der Waals surface area contributed by atoms with Gasteiger partial charge in [0.1, 0.15) is 0 Å². The van der Waals surface area contributed by atoms with Crippen LogP contribution in [0.5, 0.6) is 0 Å². The van der Waals surface area contributed by atoms with Crippen LogP contribution in [0.1, 0.15) is 12.0 Å². The third kappa shape index (κ3) is 6.95. The molecule has 1 aliphatic heterocycles. The first-order valence-electron chi connectivity index (χ1n) is 8.16. The van der Waals surface area contributed by atoms with Crippen LogP contribution in [-0.2, 0) is 26.1 Å². The van der Waals surface area contributed by atoms with Crippen molar-refractivity contribution in [1.29, 1.82) is 0 Å². The summed E-state index contributed by atoms with van der Waals surface area (Å²) in [6, 6.07) is 6.78. The van der Waals surface area contributed by atoms with Gasteiger partial charge in [0, 0.05) is 50.7 Å². The van der Waals surface area contributed by atoms with Crippen molar-refractivity contribution in [2.75, 3.05) is 38.3 Å². The van der Waals surface area contributed by atoms with E-state index in [1.807, 2.05) is 11.8 Å². The molecule has 1 aliphatic rings. The summed E-state index contributed by atoms with van der Waals surface area (Å²) in [5.41, 5.74) is 0.744. The van der Waals surface area contributed by atoms with Crippen molar-refractivity contribution in [2.24, 2.45) is 0 Å². The number of sulfonamides is 1. The van der Waals surface area contributed by atoms with Crippen molar-refractivity contribution >= 4 is 27.7 Å². The van der Waals surface area contributed by atoms with E-state index in [-0.39, 0.29) is 23.4 Å². The Morgan fingerprint density at radius 3 is 3.00 bits per heavy atom. The quantitative estimate of drug-likeness (QED) is 0.528. The summed E-state index contributed by atoms with van der Waals surface area (Å²) in [6.07, 6.45) is 0.434. The Labute approximate surface area is 153 Å². The summed E-state index contributed by atoms with van der Waals surface area (Å²) in [7, 11) is -2.06. The lowest BCUT2D eigenvalue weighted by Gasteiger charge is -2.22. The maximum absolute atomic E-state index is 12.2. The highest BCUT2D eigenvalue weighted by atomic mass is 32.2. The highest BCUT2D eigenvalue weighted by molar-refractivity contribution is 7.99. The van der Waals surface area contributed by atoms with Crippen molar-refractivity contribution in [3.63, 3.8) is 0 Å². The van der Waals surface area contributed by atoms with E-state index in [2.05, 4.69) is 15.4 Å². The van der Waals surface area contributed by atoms with Crippen LogP contribution < -0.4 is 15.4 Å². The Morgan fingerprint density at radius 1 is 1.44 bits per heavy atom. The first-order chi connectivity index (χ1) is 12.0. The largest absolute Gasteiger partial charge is 0.383 e. The van der Waals surface area contributed by atoms with Gasteiger partial charge in [0.05, 0.1) is 11.5 Å². The first-order valence-corrected chi connectivity index (χ1v) is 10.8. The van der Waals surface area contributed by atoms with Gasteiger partial charge in [-0.25, -0.2) is 13.1 Å². The lowest BCUT2D eigenvalue weighted by Crippen LogP contribution is -2.41. The van der Waals surface area contributed by atoms with Gasteiger partial charge in [-0.2, -0.15) is 11.8 Å². The Kier molecular flexibility index (Phi) is 8.17. The minimum atomic E-state index is -3.57. The Hall–Kier alpha value is -1.13. The summed E-state index contributed by atoms with van der Waals surface area (Å²) in [5.74, 6) is 1.98. The van der Waals surface area contributed by atoms with E-state index in [0.29, 0.717) is 19.6 Å². The number of nitrogens with one attached hydrogen (secondary N) is 3. The first kappa shape index (κ1) is 20.2. The number of thioether (sulfide) groups is 1. The normalized spacial score (nSPS) is 18.0. The number of carbonyl (C=O) groups is 1. The Balaban J connectivity index is 1.87. The summed E-state index contributed by atoms with van der Waals surface area (Å²) >= 11 is 1.85.